The molecule has 0 aromatic heterocycles. The van der Waals surface area contributed by atoms with Gasteiger partial charge in [-0.05, 0) is 37.6 Å². The first-order valence-corrected chi connectivity index (χ1v) is 7.48. The van der Waals surface area contributed by atoms with Gasteiger partial charge in [0.25, 0.3) is 0 Å². The molecule has 20 heavy (non-hydrogen) atoms. The second-order valence-electron chi connectivity index (χ2n) is 5.56. The molecule has 1 unspecified atom stereocenters. The Kier molecular flexibility index (Phi) is 5.01. The molecule has 2 N–H and O–H groups in total. The van der Waals surface area contributed by atoms with Crippen molar-refractivity contribution in [2.24, 2.45) is 0 Å². The summed E-state index contributed by atoms with van der Waals surface area (Å²) in [6, 6.07) is 7.64. The summed E-state index contributed by atoms with van der Waals surface area (Å²) in [5, 5.41) is 0. The monoisotopic (exact) mass is 275 g/mol. The summed E-state index contributed by atoms with van der Waals surface area (Å²) in [5.74, 6) is 0.1000. The zero-order valence-electron chi connectivity index (χ0n) is 12.5. The van der Waals surface area contributed by atoms with Gasteiger partial charge in [0.1, 0.15) is 0 Å². The normalized spacial score (nSPS) is 18.0. The smallest absolute Gasteiger partial charge is 0.229 e. The van der Waals surface area contributed by atoms with Crippen molar-refractivity contribution < 1.29 is 4.79 Å². The van der Waals surface area contributed by atoms with Crippen LogP contribution in [-0.4, -0.2) is 48.4 Å². The van der Waals surface area contributed by atoms with Crippen LogP contribution in [0.4, 0.5) is 5.69 Å². The second-order valence-corrected chi connectivity index (χ2v) is 5.56. The van der Waals surface area contributed by atoms with Crippen LogP contribution < -0.4 is 5.73 Å². The van der Waals surface area contributed by atoms with E-state index in [-0.39, 0.29) is 11.8 Å². The van der Waals surface area contributed by atoms with Crippen molar-refractivity contribution in [3.05, 3.63) is 29.8 Å². The lowest BCUT2D eigenvalue weighted by Gasteiger charge is -2.35. The molecule has 1 fully saturated rings. The molecule has 1 saturated heterocycles. The number of rotatable bonds is 4. The largest absolute Gasteiger partial charge is 0.399 e. The molecular weight excluding hydrogens is 250 g/mol. The van der Waals surface area contributed by atoms with Crippen LogP contribution in [0.1, 0.15) is 31.7 Å². The Morgan fingerprint density at radius 3 is 2.60 bits per heavy atom. The Bertz CT molecular complexity index is 453. The van der Waals surface area contributed by atoms with E-state index in [4.69, 9.17) is 5.73 Å². The zero-order valence-corrected chi connectivity index (χ0v) is 12.5. The van der Waals surface area contributed by atoms with Crippen molar-refractivity contribution in [3.8, 4) is 0 Å². The summed E-state index contributed by atoms with van der Waals surface area (Å²) in [7, 11) is 0. The molecule has 0 aliphatic carbocycles. The van der Waals surface area contributed by atoms with Crippen molar-refractivity contribution in [2.45, 2.75) is 26.2 Å². The number of nitrogens with zero attached hydrogens (tertiary/aromatic N) is 2. The second kappa shape index (κ2) is 6.75. The van der Waals surface area contributed by atoms with Crippen LogP contribution in [-0.2, 0) is 4.79 Å². The van der Waals surface area contributed by atoms with E-state index in [1.165, 1.54) is 6.42 Å². The van der Waals surface area contributed by atoms with Crippen LogP contribution in [0.25, 0.3) is 0 Å². The van der Waals surface area contributed by atoms with Crippen molar-refractivity contribution >= 4 is 11.6 Å². The number of carbonyl (C=O) groups is 1. The fraction of sp³-hybridized carbons (Fsp3) is 0.562. The average molecular weight is 275 g/mol. The quantitative estimate of drug-likeness (QED) is 0.854. The molecule has 1 aliphatic heterocycles. The van der Waals surface area contributed by atoms with E-state index in [1.807, 2.05) is 36.1 Å². The maximum atomic E-state index is 12.5. The summed E-state index contributed by atoms with van der Waals surface area (Å²) in [5.41, 5.74) is 7.52. The van der Waals surface area contributed by atoms with Crippen LogP contribution in [0.3, 0.4) is 0 Å². The Morgan fingerprint density at radius 1 is 1.30 bits per heavy atom. The third kappa shape index (κ3) is 3.51. The average Bonchev–Trinajstić information content (AvgIpc) is 2.47. The highest BCUT2D eigenvalue weighted by Gasteiger charge is 2.25. The number of piperazine rings is 1. The van der Waals surface area contributed by atoms with Gasteiger partial charge in [-0.25, -0.2) is 0 Å². The highest BCUT2D eigenvalue weighted by atomic mass is 16.2. The lowest BCUT2D eigenvalue weighted by molar-refractivity contribution is -0.134. The van der Waals surface area contributed by atoms with Crippen molar-refractivity contribution in [3.63, 3.8) is 0 Å². The molecule has 1 atom stereocenters. The number of carbonyl (C=O) groups excluding carboxylic acids is 1. The minimum atomic E-state index is -0.115. The maximum absolute atomic E-state index is 12.5. The van der Waals surface area contributed by atoms with Gasteiger partial charge in [-0.3, -0.25) is 9.69 Å². The van der Waals surface area contributed by atoms with Gasteiger partial charge in [0.05, 0.1) is 5.92 Å². The Labute approximate surface area is 121 Å². The Balaban J connectivity index is 1.95. The van der Waals surface area contributed by atoms with E-state index in [0.29, 0.717) is 0 Å². The van der Waals surface area contributed by atoms with E-state index in [1.54, 1.807) is 0 Å². The van der Waals surface area contributed by atoms with Gasteiger partial charge < -0.3 is 10.6 Å². The van der Waals surface area contributed by atoms with Gasteiger partial charge in [0, 0.05) is 31.9 Å². The number of hydrogen-bond donors (Lipinski definition) is 1. The first kappa shape index (κ1) is 14.9. The topological polar surface area (TPSA) is 49.6 Å². The number of anilines is 1. The number of benzene rings is 1. The molecule has 110 valence electrons. The molecule has 0 bridgehead atoms. The minimum Gasteiger partial charge on any atom is -0.399 e. The third-order valence-electron chi connectivity index (χ3n) is 4.00. The third-order valence-corrected chi connectivity index (χ3v) is 4.00. The first-order chi connectivity index (χ1) is 9.61. The number of nitrogens with two attached hydrogens (primary N) is 1. The highest BCUT2D eigenvalue weighted by molar-refractivity contribution is 5.83. The molecule has 0 saturated carbocycles. The highest BCUT2D eigenvalue weighted by Crippen LogP contribution is 2.21. The van der Waals surface area contributed by atoms with E-state index in [9.17, 15) is 4.79 Å². The van der Waals surface area contributed by atoms with Gasteiger partial charge in [-0.15, -0.1) is 0 Å². The summed E-state index contributed by atoms with van der Waals surface area (Å²) in [6.07, 6.45) is 1.17. The van der Waals surface area contributed by atoms with Crippen LogP contribution in [0, 0.1) is 0 Å². The Morgan fingerprint density at radius 2 is 2.00 bits per heavy atom. The SMILES string of the molecule is CCCN1CCN(C(=O)C(C)c2cccc(N)c2)CC1. The van der Waals surface area contributed by atoms with E-state index >= 15 is 0 Å². The predicted molar refractivity (Wildman–Crippen MR) is 82.6 cm³/mol. The lowest BCUT2D eigenvalue weighted by atomic mass is 9.99. The summed E-state index contributed by atoms with van der Waals surface area (Å²) in [4.78, 5) is 17.0. The molecule has 0 radical (unpaired) electrons. The summed E-state index contributed by atoms with van der Waals surface area (Å²) >= 11 is 0. The molecule has 1 aromatic carbocycles. The van der Waals surface area contributed by atoms with E-state index in [2.05, 4.69) is 11.8 Å². The standard InChI is InChI=1S/C16H25N3O/c1-3-7-18-8-10-19(11-9-18)16(20)13(2)14-5-4-6-15(17)12-14/h4-6,12-13H,3,7-11,17H2,1-2H3. The minimum absolute atomic E-state index is 0.115. The van der Waals surface area contributed by atoms with Crippen LogP contribution in [0.5, 0.6) is 0 Å². The zero-order chi connectivity index (χ0) is 14.5. The summed E-state index contributed by atoms with van der Waals surface area (Å²) in [6.45, 7) is 8.95. The van der Waals surface area contributed by atoms with E-state index in [0.717, 1.165) is 44.0 Å². The van der Waals surface area contributed by atoms with Gasteiger partial charge in [-0.2, -0.15) is 0 Å². The molecule has 1 aliphatic rings. The number of amides is 1. The van der Waals surface area contributed by atoms with Crippen molar-refractivity contribution in [1.82, 2.24) is 9.80 Å². The molecular formula is C16H25N3O. The van der Waals surface area contributed by atoms with E-state index < -0.39 is 0 Å². The molecule has 2 rings (SSSR count). The van der Waals surface area contributed by atoms with Gasteiger partial charge >= 0.3 is 0 Å². The molecule has 1 aromatic rings. The van der Waals surface area contributed by atoms with Crippen LogP contribution in [0.2, 0.25) is 0 Å². The fourth-order valence-corrected chi connectivity index (χ4v) is 2.75. The van der Waals surface area contributed by atoms with Crippen molar-refractivity contribution in [1.29, 1.82) is 0 Å². The molecule has 4 heteroatoms. The summed E-state index contributed by atoms with van der Waals surface area (Å²) < 4.78 is 0. The lowest BCUT2D eigenvalue weighted by Crippen LogP contribution is -2.49. The Hall–Kier alpha value is -1.55. The molecule has 4 nitrogen and oxygen atoms in total. The van der Waals surface area contributed by atoms with Crippen molar-refractivity contribution in [2.75, 3.05) is 38.5 Å². The maximum Gasteiger partial charge on any atom is 0.229 e. The first-order valence-electron chi connectivity index (χ1n) is 7.48. The van der Waals surface area contributed by atoms with Gasteiger partial charge in [-0.1, -0.05) is 19.1 Å². The number of hydrogen-bond acceptors (Lipinski definition) is 3. The number of nitrogen functional groups attached to an aromatic ring is 1. The predicted octanol–water partition coefficient (Wildman–Crippen LogP) is 1.93. The van der Waals surface area contributed by atoms with Crippen LogP contribution >= 0.6 is 0 Å². The van der Waals surface area contributed by atoms with Gasteiger partial charge in [0.2, 0.25) is 5.91 Å². The fourth-order valence-electron chi connectivity index (χ4n) is 2.75. The molecule has 0 spiro atoms. The van der Waals surface area contributed by atoms with Gasteiger partial charge in [0.15, 0.2) is 0 Å². The van der Waals surface area contributed by atoms with Crippen LogP contribution in [0.15, 0.2) is 24.3 Å². The molecule has 1 heterocycles. The molecule has 1 amide bonds.